The van der Waals surface area contributed by atoms with Crippen LogP contribution in [0.15, 0.2) is 41.0 Å². The Morgan fingerprint density at radius 2 is 2.03 bits per heavy atom. The third-order valence-corrected chi connectivity index (χ3v) is 7.52. The number of rotatable bonds is 8. The second kappa shape index (κ2) is 9.84. The second-order valence-corrected chi connectivity index (χ2v) is 10.3. The summed E-state index contributed by atoms with van der Waals surface area (Å²) in [4.78, 5) is 20.3. The summed E-state index contributed by atoms with van der Waals surface area (Å²) in [6, 6.07) is 7.22. The molecule has 1 fully saturated rings. The van der Waals surface area contributed by atoms with Crippen molar-refractivity contribution < 1.29 is 26.9 Å². The molecule has 1 aliphatic heterocycles. The molecule has 1 aromatic heterocycles. The van der Waals surface area contributed by atoms with Gasteiger partial charge in [0.15, 0.2) is 6.61 Å². The van der Waals surface area contributed by atoms with Gasteiger partial charge in [0.25, 0.3) is 12.3 Å². The third-order valence-electron chi connectivity index (χ3n) is 5.13. The Morgan fingerprint density at radius 3 is 2.74 bits per heavy atom. The summed E-state index contributed by atoms with van der Waals surface area (Å²) in [6.07, 6.45) is -0.438. The number of aromatic nitrogens is 2. The fourth-order valence-corrected chi connectivity index (χ4v) is 4.88. The SMILES string of the molecule is Cc1cc(N=S2(=O)CCC2)cc2ncnc(Nc3ccc(F)cc3OCC(=O)NCC(F)F)c12. The van der Waals surface area contributed by atoms with Gasteiger partial charge >= 0.3 is 0 Å². The predicted octanol–water partition coefficient (Wildman–Crippen LogP) is 4.08. The number of ether oxygens (including phenoxy) is 1. The molecule has 2 N–H and O–H groups in total. The number of carbonyl (C=O) groups is 1. The molecule has 0 bridgehead atoms. The lowest BCUT2D eigenvalue weighted by Crippen LogP contribution is -2.32. The van der Waals surface area contributed by atoms with E-state index in [9.17, 15) is 22.2 Å². The average molecular weight is 494 g/mol. The Hall–Kier alpha value is -3.41. The van der Waals surface area contributed by atoms with Crippen LogP contribution in [0.5, 0.6) is 5.75 Å². The smallest absolute Gasteiger partial charge is 0.258 e. The van der Waals surface area contributed by atoms with E-state index in [2.05, 4.69) is 19.6 Å². The molecule has 3 aromatic rings. The minimum atomic E-state index is -2.69. The average Bonchev–Trinajstić information content (AvgIpc) is 2.76. The number of nitrogens with one attached hydrogen (secondary N) is 2. The third kappa shape index (κ3) is 5.56. The molecule has 1 aliphatic rings. The highest BCUT2D eigenvalue weighted by atomic mass is 32.2. The number of nitrogens with zero attached hydrogens (tertiary/aromatic N) is 3. The van der Waals surface area contributed by atoms with E-state index in [0.717, 1.165) is 18.1 Å². The number of carbonyl (C=O) groups excluding carboxylic acids is 1. The van der Waals surface area contributed by atoms with Gasteiger partial charge in [-0.15, -0.1) is 0 Å². The Bertz CT molecular complexity index is 1350. The molecule has 8 nitrogen and oxygen atoms in total. The van der Waals surface area contributed by atoms with E-state index in [-0.39, 0.29) is 5.75 Å². The second-order valence-electron chi connectivity index (χ2n) is 7.75. The minimum Gasteiger partial charge on any atom is -0.481 e. The Labute approximate surface area is 194 Å². The van der Waals surface area contributed by atoms with Crippen LogP contribution in [0.25, 0.3) is 10.9 Å². The van der Waals surface area contributed by atoms with Crippen LogP contribution in [0.2, 0.25) is 0 Å². The molecule has 1 saturated heterocycles. The lowest BCUT2D eigenvalue weighted by atomic mass is 10.1. The zero-order valence-electron chi connectivity index (χ0n) is 18.2. The molecule has 0 atom stereocenters. The van der Waals surface area contributed by atoms with Crippen LogP contribution in [0.3, 0.4) is 0 Å². The number of hydrogen-bond donors (Lipinski definition) is 2. The van der Waals surface area contributed by atoms with Gasteiger partial charge in [0.05, 0.1) is 33.2 Å². The summed E-state index contributed by atoms with van der Waals surface area (Å²) in [5, 5.41) is 5.76. The van der Waals surface area contributed by atoms with Gasteiger partial charge in [-0.1, -0.05) is 0 Å². The molecule has 180 valence electrons. The molecule has 2 heterocycles. The van der Waals surface area contributed by atoms with Crippen molar-refractivity contribution in [2.45, 2.75) is 19.8 Å². The number of halogens is 3. The van der Waals surface area contributed by atoms with Gasteiger partial charge in [0, 0.05) is 23.0 Å². The van der Waals surface area contributed by atoms with Gasteiger partial charge < -0.3 is 15.4 Å². The van der Waals surface area contributed by atoms with Crippen LogP contribution in [0.4, 0.5) is 30.4 Å². The molecular formula is C22H22F3N5O3S. The van der Waals surface area contributed by atoms with Gasteiger partial charge in [-0.3, -0.25) is 4.79 Å². The Kier molecular flexibility index (Phi) is 6.87. The first-order valence-electron chi connectivity index (χ1n) is 10.4. The number of alkyl halides is 2. The van der Waals surface area contributed by atoms with Crippen LogP contribution in [0.1, 0.15) is 12.0 Å². The van der Waals surface area contributed by atoms with Crippen molar-refractivity contribution in [1.82, 2.24) is 15.3 Å². The van der Waals surface area contributed by atoms with Crippen molar-refractivity contribution in [3.8, 4) is 5.75 Å². The number of amides is 1. The Balaban J connectivity index is 1.60. The highest BCUT2D eigenvalue weighted by molar-refractivity contribution is 7.95. The van der Waals surface area contributed by atoms with Crippen molar-refractivity contribution in [3.63, 3.8) is 0 Å². The van der Waals surface area contributed by atoms with Crippen LogP contribution < -0.4 is 15.4 Å². The van der Waals surface area contributed by atoms with E-state index < -0.39 is 41.0 Å². The summed E-state index contributed by atoms with van der Waals surface area (Å²) in [5.74, 6) is 0.224. The van der Waals surface area contributed by atoms with Gasteiger partial charge in [-0.05, 0) is 43.2 Å². The molecule has 0 aliphatic carbocycles. The minimum absolute atomic E-state index is 0.00473. The first-order valence-corrected chi connectivity index (χ1v) is 12.3. The number of aryl methyl sites for hydroxylation is 1. The molecule has 0 radical (unpaired) electrons. The summed E-state index contributed by atoms with van der Waals surface area (Å²) in [6.45, 7) is 0.476. The van der Waals surface area contributed by atoms with E-state index in [1.54, 1.807) is 12.1 Å². The highest BCUT2D eigenvalue weighted by Crippen LogP contribution is 2.34. The standard InChI is InChI=1S/C22H22F3N5O3S/c1-13-7-15(30-34(32)5-2-6-34)9-17-21(13)22(28-12-27-17)29-16-4-3-14(23)8-18(16)33-11-20(31)26-10-19(24)25/h3-4,7-9,12,19H,2,5-6,10-11H2,1H3,(H,26,31)(H,27,28,29). The first-order chi connectivity index (χ1) is 16.2. The first kappa shape index (κ1) is 23.7. The maximum absolute atomic E-state index is 13.8. The molecule has 2 aromatic carbocycles. The number of anilines is 2. The van der Waals surface area contributed by atoms with E-state index in [0.29, 0.717) is 39.6 Å². The normalized spacial score (nSPS) is 14.5. The monoisotopic (exact) mass is 493 g/mol. The molecule has 4 rings (SSSR count). The van der Waals surface area contributed by atoms with Crippen LogP contribution in [0, 0.1) is 12.7 Å². The van der Waals surface area contributed by atoms with Crippen LogP contribution in [-0.2, 0) is 14.5 Å². The lowest BCUT2D eigenvalue weighted by Gasteiger charge is -2.18. The maximum atomic E-state index is 13.8. The van der Waals surface area contributed by atoms with E-state index in [1.165, 1.54) is 18.5 Å². The molecular weight excluding hydrogens is 471 g/mol. The molecule has 34 heavy (non-hydrogen) atoms. The maximum Gasteiger partial charge on any atom is 0.258 e. The van der Waals surface area contributed by atoms with Gasteiger partial charge in [-0.25, -0.2) is 27.3 Å². The summed E-state index contributed by atoms with van der Waals surface area (Å²) >= 11 is 0. The highest BCUT2D eigenvalue weighted by Gasteiger charge is 2.20. The number of benzene rings is 2. The van der Waals surface area contributed by atoms with Gasteiger partial charge in [0.2, 0.25) is 0 Å². The number of hydrogen-bond acceptors (Lipinski definition) is 7. The van der Waals surface area contributed by atoms with Crippen molar-refractivity contribution in [3.05, 3.63) is 48.0 Å². The van der Waals surface area contributed by atoms with Crippen LogP contribution >= 0.6 is 0 Å². The summed E-state index contributed by atoms with van der Waals surface area (Å²) in [5.41, 5.74) is 2.26. The van der Waals surface area contributed by atoms with Crippen LogP contribution in [-0.4, -0.2) is 51.2 Å². The largest absolute Gasteiger partial charge is 0.481 e. The zero-order chi connectivity index (χ0) is 24.3. The predicted molar refractivity (Wildman–Crippen MR) is 123 cm³/mol. The molecule has 12 heteroatoms. The molecule has 0 unspecified atom stereocenters. The van der Waals surface area contributed by atoms with Crippen molar-refractivity contribution in [2.24, 2.45) is 4.36 Å². The van der Waals surface area contributed by atoms with E-state index in [1.807, 2.05) is 12.2 Å². The molecule has 1 amide bonds. The van der Waals surface area contributed by atoms with E-state index >= 15 is 0 Å². The van der Waals surface area contributed by atoms with Gasteiger partial charge in [0.1, 0.15) is 23.7 Å². The van der Waals surface area contributed by atoms with Gasteiger partial charge in [-0.2, -0.15) is 4.36 Å². The fourth-order valence-electron chi connectivity index (χ4n) is 3.43. The fraction of sp³-hybridized carbons (Fsp3) is 0.318. The van der Waals surface area contributed by atoms with Crippen molar-refractivity contribution in [2.75, 3.05) is 30.0 Å². The molecule has 0 saturated carbocycles. The topological polar surface area (TPSA) is 106 Å². The number of fused-ring (bicyclic) bond motifs is 1. The van der Waals surface area contributed by atoms with Crippen molar-refractivity contribution in [1.29, 1.82) is 0 Å². The lowest BCUT2D eigenvalue weighted by molar-refractivity contribution is -0.123. The quantitative estimate of drug-likeness (QED) is 0.490. The summed E-state index contributed by atoms with van der Waals surface area (Å²) < 4.78 is 60.6. The Morgan fingerprint density at radius 1 is 1.24 bits per heavy atom. The summed E-state index contributed by atoms with van der Waals surface area (Å²) in [7, 11) is -2.18. The van der Waals surface area contributed by atoms with E-state index in [4.69, 9.17) is 4.74 Å². The molecule has 0 spiro atoms. The zero-order valence-corrected chi connectivity index (χ0v) is 19.0. The van der Waals surface area contributed by atoms with Crippen molar-refractivity contribution >= 4 is 43.7 Å².